The number of fused-ring (bicyclic) bond motifs is 1. The van der Waals surface area contributed by atoms with Crippen LogP contribution in [-0.4, -0.2) is 26.2 Å². The van der Waals surface area contributed by atoms with E-state index in [2.05, 4.69) is 0 Å². The van der Waals surface area contributed by atoms with Gasteiger partial charge in [-0.25, -0.2) is 9.00 Å². The Labute approximate surface area is 89.3 Å². The predicted molar refractivity (Wildman–Crippen MR) is 56.9 cm³/mol. The Bertz CT molecular complexity index is 434. The fourth-order valence-electron chi connectivity index (χ4n) is 1.43. The molecule has 0 aliphatic carbocycles. The second-order valence-corrected chi connectivity index (χ2v) is 4.33. The van der Waals surface area contributed by atoms with E-state index >= 15 is 0 Å². The minimum atomic E-state index is -1.28. The summed E-state index contributed by atoms with van der Waals surface area (Å²) in [5.74, 6) is -0.958. The molecular weight excluding hydrogens is 214 g/mol. The highest BCUT2D eigenvalue weighted by Gasteiger charge is 2.27. The van der Waals surface area contributed by atoms with Gasteiger partial charge in [-0.2, -0.15) is 0 Å². The van der Waals surface area contributed by atoms with Crippen molar-refractivity contribution in [1.29, 1.82) is 0 Å². The van der Waals surface area contributed by atoms with Gasteiger partial charge in [-0.1, -0.05) is 18.2 Å². The van der Waals surface area contributed by atoms with Crippen LogP contribution in [0.15, 0.2) is 47.0 Å². The van der Waals surface area contributed by atoms with Crippen LogP contribution in [0.1, 0.15) is 0 Å². The van der Waals surface area contributed by atoms with Gasteiger partial charge in [0.2, 0.25) is 0 Å². The molecule has 0 spiro atoms. The average Bonchev–Trinajstić information content (AvgIpc) is 2.40. The topological polar surface area (TPSA) is 57.6 Å². The second kappa shape index (κ2) is 3.86. The highest BCUT2D eigenvalue weighted by atomic mass is 32.2. The molecule has 15 heavy (non-hydrogen) atoms. The van der Waals surface area contributed by atoms with Gasteiger partial charge >= 0.3 is 5.97 Å². The molecule has 2 atom stereocenters. The summed E-state index contributed by atoms with van der Waals surface area (Å²) in [4.78, 5) is 12.5. The average molecular weight is 223 g/mol. The van der Waals surface area contributed by atoms with Crippen LogP contribution in [0.25, 0.3) is 0 Å². The molecule has 0 saturated heterocycles. The van der Waals surface area contributed by atoms with Gasteiger partial charge in [-0.3, -0.25) is 0 Å². The van der Waals surface area contributed by atoms with E-state index < -0.39 is 22.8 Å². The summed E-state index contributed by atoms with van der Waals surface area (Å²) >= 11 is 0. The first-order valence-electron chi connectivity index (χ1n) is 4.35. The Morgan fingerprint density at radius 3 is 2.93 bits per heavy atom. The zero-order valence-electron chi connectivity index (χ0n) is 7.74. The van der Waals surface area contributed by atoms with Gasteiger partial charge in [-0.05, 0) is 12.2 Å². The summed E-state index contributed by atoms with van der Waals surface area (Å²) in [6.07, 6.45) is 9.78. The van der Waals surface area contributed by atoms with Crippen LogP contribution >= 0.6 is 0 Å². The minimum absolute atomic E-state index is 0.495. The van der Waals surface area contributed by atoms with Gasteiger partial charge in [0.15, 0.2) is 6.04 Å². The normalized spacial score (nSPS) is 28.3. The summed E-state index contributed by atoms with van der Waals surface area (Å²) in [5, 5.41) is 11.0. The fourth-order valence-corrected chi connectivity index (χ4v) is 2.39. The van der Waals surface area contributed by atoms with Gasteiger partial charge in [0.25, 0.3) is 0 Å². The molecule has 1 N–H and O–H groups in total. The lowest BCUT2D eigenvalue weighted by molar-refractivity contribution is -0.139. The van der Waals surface area contributed by atoms with Gasteiger partial charge in [0.05, 0.1) is 10.8 Å². The molecule has 0 bridgehead atoms. The minimum Gasteiger partial charge on any atom is -0.479 e. The molecule has 0 amide bonds. The number of rotatable bonds is 1. The van der Waals surface area contributed by atoms with Crippen molar-refractivity contribution in [2.75, 3.05) is 0 Å². The van der Waals surface area contributed by atoms with Gasteiger partial charge in [0.1, 0.15) is 5.03 Å². The van der Waals surface area contributed by atoms with Crippen LogP contribution in [0.2, 0.25) is 0 Å². The molecule has 0 aromatic rings. The number of nitrogens with zero attached hydrogens (tertiary/aromatic N) is 1. The molecule has 0 aromatic heterocycles. The van der Waals surface area contributed by atoms with Gasteiger partial charge in [-0.15, -0.1) is 0 Å². The monoisotopic (exact) mass is 223 g/mol. The predicted octanol–water partition coefficient (Wildman–Crippen LogP) is 0.943. The summed E-state index contributed by atoms with van der Waals surface area (Å²) in [5.41, 5.74) is 0. The van der Waals surface area contributed by atoms with Crippen molar-refractivity contribution in [1.82, 2.24) is 4.90 Å². The molecule has 2 heterocycles. The lowest BCUT2D eigenvalue weighted by Gasteiger charge is -2.27. The first-order valence-corrected chi connectivity index (χ1v) is 5.56. The van der Waals surface area contributed by atoms with E-state index in [9.17, 15) is 9.00 Å². The Morgan fingerprint density at radius 2 is 2.20 bits per heavy atom. The summed E-state index contributed by atoms with van der Waals surface area (Å²) in [6.45, 7) is 0. The molecule has 0 aromatic carbocycles. The number of carbonyl (C=O) groups is 1. The van der Waals surface area contributed by atoms with E-state index in [0.717, 1.165) is 0 Å². The molecule has 0 fully saturated rings. The zero-order valence-corrected chi connectivity index (χ0v) is 8.55. The number of carboxylic acids is 1. The largest absolute Gasteiger partial charge is 0.479 e. The quantitative estimate of drug-likeness (QED) is 0.718. The zero-order chi connectivity index (χ0) is 10.8. The number of hydrogen-bond acceptors (Lipinski definition) is 3. The van der Waals surface area contributed by atoms with Gasteiger partial charge in [0, 0.05) is 11.6 Å². The third kappa shape index (κ3) is 1.78. The van der Waals surface area contributed by atoms with E-state index in [0.29, 0.717) is 5.03 Å². The first-order chi connectivity index (χ1) is 7.20. The van der Waals surface area contributed by atoms with Crippen molar-refractivity contribution >= 4 is 16.8 Å². The third-order valence-electron chi connectivity index (χ3n) is 2.11. The van der Waals surface area contributed by atoms with E-state index in [4.69, 9.17) is 5.11 Å². The summed E-state index contributed by atoms with van der Waals surface area (Å²) < 4.78 is 11.7. The van der Waals surface area contributed by atoms with Crippen molar-refractivity contribution in [2.24, 2.45) is 0 Å². The Morgan fingerprint density at radius 1 is 1.40 bits per heavy atom. The maximum atomic E-state index is 11.7. The molecule has 4 nitrogen and oxygen atoms in total. The Kier molecular flexibility index (Phi) is 2.55. The maximum Gasteiger partial charge on any atom is 0.330 e. The van der Waals surface area contributed by atoms with Crippen LogP contribution in [0, 0.1) is 0 Å². The summed E-state index contributed by atoms with van der Waals surface area (Å²) in [6, 6.07) is -0.773. The van der Waals surface area contributed by atoms with Crippen molar-refractivity contribution in [2.45, 2.75) is 6.04 Å². The molecule has 5 heteroatoms. The highest BCUT2D eigenvalue weighted by molar-refractivity contribution is 7.91. The van der Waals surface area contributed by atoms with E-state index in [1.54, 1.807) is 36.6 Å². The number of aliphatic carboxylic acids is 1. The van der Waals surface area contributed by atoms with Crippen LogP contribution in [-0.2, 0) is 15.6 Å². The van der Waals surface area contributed by atoms with Crippen molar-refractivity contribution < 1.29 is 14.1 Å². The second-order valence-electron chi connectivity index (χ2n) is 3.05. The molecule has 2 aliphatic rings. The van der Waals surface area contributed by atoms with Crippen LogP contribution in [0.3, 0.4) is 0 Å². The molecule has 78 valence electrons. The molecule has 0 radical (unpaired) electrons. The van der Waals surface area contributed by atoms with E-state index in [-0.39, 0.29) is 0 Å². The lowest BCUT2D eigenvalue weighted by atomic mass is 10.2. The third-order valence-corrected chi connectivity index (χ3v) is 3.27. The van der Waals surface area contributed by atoms with E-state index in [1.807, 2.05) is 0 Å². The molecule has 2 unspecified atom stereocenters. The summed E-state index contributed by atoms with van der Waals surface area (Å²) in [7, 11) is -1.28. The number of allylic oxidation sites excluding steroid dienone is 4. The van der Waals surface area contributed by atoms with Crippen molar-refractivity contribution in [3.05, 3.63) is 47.0 Å². The first kappa shape index (κ1) is 9.92. The van der Waals surface area contributed by atoms with Crippen molar-refractivity contribution in [3.8, 4) is 0 Å². The Hall–Kier alpha value is -1.62. The van der Waals surface area contributed by atoms with Crippen molar-refractivity contribution in [3.63, 3.8) is 0 Å². The molecule has 2 rings (SSSR count). The van der Waals surface area contributed by atoms with Crippen LogP contribution in [0.5, 0.6) is 0 Å². The Balaban J connectivity index is 2.42. The van der Waals surface area contributed by atoms with Gasteiger partial charge < -0.3 is 10.0 Å². The molecule has 0 saturated carbocycles. The SMILES string of the molecule is O=C(O)C1C=CC=C2N1C=CC=CS2=O. The molecular formula is C10H9NO3S. The molecule has 2 aliphatic heterocycles. The fraction of sp³-hybridized carbons (Fsp3) is 0.100. The van der Waals surface area contributed by atoms with Crippen LogP contribution < -0.4 is 0 Å². The number of hydrogen-bond donors (Lipinski definition) is 1. The maximum absolute atomic E-state index is 11.7. The van der Waals surface area contributed by atoms with E-state index in [1.165, 1.54) is 10.3 Å². The highest BCUT2D eigenvalue weighted by Crippen LogP contribution is 2.22. The lowest BCUT2D eigenvalue weighted by Crippen LogP contribution is -2.37. The van der Waals surface area contributed by atoms with Crippen LogP contribution in [0.4, 0.5) is 0 Å². The number of carboxylic acid groups (broad SMARTS) is 1. The standard InChI is InChI=1S/C10H9NO3S/c12-10(13)8-4-3-5-9-11(8)6-1-2-7-15(9)14/h1-8H,(H,12,13). The smallest absolute Gasteiger partial charge is 0.330 e.